The molecular formula is C12H18O. The summed E-state index contributed by atoms with van der Waals surface area (Å²) in [7, 11) is 0. The molecule has 0 bridgehead atoms. The fraction of sp³-hybridized carbons (Fsp3) is 0.500. The van der Waals surface area contributed by atoms with Gasteiger partial charge in [0.25, 0.3) is 0 Å². The highest BCUT2D eigenvalue weighted by Gasteiger charge is 2.04. The zero-order valence-electron chi connectivity index (χ0n) is 8.62. The molecule has 1 unspecified atom stereocenters. The van der Waals surface area contributed by atoms with E-state index in [1.165, 1.54) is 5.56 Å². The first kappa shape index (κ1) is 10.3. The molecule has 0 heterocycles. The summed E-state index contributed by atoms with van der Waals surface area (Å²) in [4.78, 5) is 0. The summed E-state index contributed by atoms with van der Waals surface area (Å²) in [5, 5.41) is 9.31. The summed E-state index contributed by atoms with van der Waals surface area (Å²) in [6, 6.07) is 8.23. The number of benzene rings is 1. The molecule has 0 radical (unpaired) electrons. The number of hydrogen-bond donors (Lipinski definition) is 1. The van der Waals surface area contributed by atoms with Crippen molar-refractivity contribution in [1.82, 2.24) is 0 Å². The van der Waals surface area contributed by atoms with Crippen LogP contribution in [0.1, 0.15) is 50.3 Å². The van der Waals surface area contributed by atoms with E-state index in [0.717, 1.165) is 12.0 Å². The highest BCUT2D eigenvalue weighted by atomic mass is 16.3. The monoisotopic (exact) mass is 178 g/mol. The Labute approximate surface area is 80.4 Å². The van der Waals surface area contributed by atoms with E-state index in [1.54, 1.807) is 6.92 Å². The molecule has 0 aliphatic heterocycles. The van der Waals surface area contributed by atoms with Gasteiger partial charge >= 0.3 is 0 Å². The van der Waals surface area contributed by atoms with Crippen LogP contribution in [0, 0.1) is 0 Å². The van der Waals surface area contributed by atoms with Crippen molar-refractivity contribution < 1.29 is 5.11 Å². The Bertz CT molecular complexity index is 248. The van der Waals surface area contributed by atoms with Crippen LogP contribution >= 0.6 is 0 Å². The van der Waals surface area contributed by atoms with Crippen LogP contribution in [-0.4, -0.2) is 5.11 Å². The first-order valence-corrected chi connectivity index (χ1v) is 4.93. The molecular weight excluding hydrogens is 160 g/mol. The highest BCUT2D eigenvalue weighted by Crippen LogP contribution is 2.20. The van der Waals surface area contributed by atoms with Crippen LogP contribution in [0.15, 0.2) is 24.3 Å². The van der Waals surface area contributed by atoms with Crippen molar-refractivity contribution in [3.63, 3.8) is 0 Å². The second-order valence-electron chi connectivity index (χ2n) is 3.65. The number of aliphatic hydroxyl groups excluding tert-OH is 1. The van der Waals surface area contributed by atoms with Crippen molar-refractivity contribution in [3.05, 3.63) is 35.4 Å². The Balaban J connectivity index is 2.81. The van der Waals surface area contributed by atoms with E-state index in [4.69, 9.17) is 0 Å². The van der Waals surface area contributed by atoms with Gasteiger partial charge in [-0.25, -0.2) is 0 Å². The minimum absolute atomic E-state index is 0.356. The molecule has 0 saturated heterocycles. The lowest BCUT2D eigenvalue weighted by molar-refractivity contribution is 0.199. The summed E-state index contributed by atoms with van der Waals surface area (Å²) in [5.41, 5.74) is 2.35. The maximum Gasteiger partial charge on any atom is 0.0761 e. The van der Waals surface area contributed by atoms with Gasteiger partial charge in [0.2, 0.25) is 0 Å². The molecule has 1 heteroatoms. The summed E-state index contributed by atoms with van der Waals surface area (Å²) >= 11 is 0. The first-order chi connectivity index (χ1) is 6.15. The van der Waals surface area contributed by atoms with Crippen LogP contribution < -0.4 is 0 Å². The van der Waals surface area contributed by atoms with Gasteiger partial charge in [0, 0.05) is 0 Å². The number of rotatable bonds is 3. The van der Waals surface area contributed by atoms with E-state index in [1.807, 2.05) is 12.1 Å². The molecule has 0 aliphatic rings. The molecule has 1 nitrogen and oxygen atoms in total. The molecule has 1 rings (SSSR count). The average molecular weight is 178 g/mol. The number of hydrogen-bond acceptors (Lipinski definition) is 1. The van der Waals surface area contributed by atoms with Gasteiger partial charge < -0.3 is 5.11 Å². The Morgan fingerprint density at radius 1 is 1.08 bits per heavy atom. The number of aliphatic hydroxyl groups is 1. The summed E-state index contributed by atoms with van der Waals surface area (Å²) < 4.78 is 0. The van der Waals surface area contributed by atoms with Gasteiger partial charge in [-0.2, -0.15) is 0 Å². The molecule has 0 spiro atoms. The maximum atomic E-state index is 9.31. The van der Waals surface area contributed by atoms with E-state index >= 15 is 0 Å². The normalized spacial score (nSPS) is 15.4. The van der Waals surface area contributed by atoms with Crippen molar-refractivity contribution in [2.24, 2.45) is 0 Å². The van der Waals surface area contributed by atoms with Crippen molar-refractivity contribution in [1.29, 1.82) is 0 Å². The molecule has 0 saturated carbocycles. The second kappa shape index (κ2) is 4.43. The molecule has 0 fully saturated rings. The van der Waals surface area contributed by atoms with E-state index in [-0.39, 0.29) is 6.10 Å². The van der Waals surface area contributed by atoms with Crippen LogP contribution in [0.25, 0.3) is 0 Å². The molecule has 0 aliphatic carbocycles. The fourth-order valence-electron chi connectivity index (χ4n) is 1.34. The van der Waals surface area contributed by atoms with Gasteiger partial charge in [-0.15, -0.1) is 0 Å². The molecule has 1 aromatic rings. The third kappa shape index (κ3) is 2.56. The Morgan fingerprint density at radius 3 is 1.92 bits per heavy atom. The fourth-order valence-corrected chi connectivity index (χ4v) is 1.34. The lowest BCUT2D eigenvalue weighted by Crippen LogP contribution is -1.94. The minimum Gasteiger partial charge on any atom is -0.389 e. The largest absolute Gasteiger partial charge is 0.389 e. The molecule has 0 amide bonds. The SMILES string of the molecule is CCC(C)c1ccc([C@@H](C)O)cc1. The third-order valence-electron chi connectivity index (χ3n) is 2.60. The zero-order chi connectivity index (χ0) is 9.84. The van der Waals surface area contributed by atoms with Gasteiger partial charge in [-0.1, -0.05) is 38.1 Å². The first-order valence-electron chi connectivity index (χ1n) is 4.93. The quantitative estimate of drug-likeness (QED) is 0.753. The van der Waals surface area contributed by atoms with Crippen molar-refractivity contribution in [2.75, 3.05) is 0 Å². The van der Waals surface area contributed by atoms with Gasteiger partial charge in [0.05, 0.1) is 6.10 Å². The van der Waals surface area contributed by atoms with Crippen LogP contribution in [0.2, 0.25) is 0 Å². The van der Waals surface area contributed by atoms with E-state index in [9.17, 15) is 5.11 Å². The van der Waals surface area contributed by atoms with Gasteiger partial charge in [0.1, 0.15) is 0 Å². The van der Waals surface area contributed by atoms with Crippen molar-refractivity contribution >= 4 is 0 Å². The topological polar surface area (TPSA) is 20.2 Å². The van der Waals surface area contributed by atoms with Crippen LogP contribution in [-0.2, 0) is 0 Å². The smallest absolute Gasteiger partial charge is 0.0761 e. The lowest BCUT2D eigenvalue weighted by atomic mass is 9.97. The predicted molar refractivity (Wildman–Crippen MR) is 55.8 cm³/mol. The van der Waals surface area contributed by atoms with E-state index < -0.39 is 0 Å². The summed E-state index contributed by atoms with van der Waals surface area (Å²) in [5.74, 6) is 0.614. The van der Waals surface area contributed by atoms with Gasteiger partial charge in [0.15, 0.2) is 0 Å². The molecule has 13 heavy (non-hydrogen) atoms. The van der Waals surface area contributed by atoms with Crippen molar-refractivity contribution in [2.45, 2.75) is 39.2 Å². The molecule has 1 aromatic carbocycles. The minimum atomic E-state index is -0.356. The van der Waals surface area contributed by atoms with Crippen LogP contribution in [0.4, 0.5) is 0 Å². The molecule has 1 N–H and O–H groups in total. The summed E-state index contributed by atoms with van der Waals surface area (Å²) in [6.45, 7) is 6.20. The third-order valence-corrected chi connectivity index (χ3v) is 2.60. The molecule has 2 atom stereocenters. The van der Waals surface area contributed by atoms with Gasteiger partial charge in [-0.05, 0) is 30.4 Å². The molecule has 0 aromatic heterocycles. The summed E-state index contributed by atoms with van der Waals surface area (Å²) in [6.07, 6.45) is 0.805. The highest BCUT2D eigenvalue weighted by molar-refractivity contribution is 5.25. The average Bonchev–Trinajstić information content (AvgIpc) is 2.17. The molecule has 72 valence electrons. The second-order valence-corrected chi connectivity index (χ2v) is 3.65. The standard InChI is InChI=1S/C12H18O/c1-4-9(2)11-5-7-12(8-6-11)10(3)13/h5-10,13H,4H2,1-3H3/t9?,10-/m1/s1. The van der Waals surface area contributed by atoms with Crippen molar-refractivity contribution in [3.8, 4) is 0 Å². The van der Waals surface area contributed by atoms with E-state index in [0.29, 0.717) is 5.92 Å². The van der Waals surface area contributed by atoms with Crippen LogP contribution in [0.3, 0.4) is 0 Å². The predicted octanol–water partition coefficient (Wildman–Crippen LogP) is 3.25. The Hall–Kier alpha value is -0.820. The van der Waals surface area contributed by atoms with Gasteiger partial charge in [-0.3, -0.25) is 0 Å². The Kier molecular flexibility index (Phi) is 3.49. The Morgan fingerprint density at radius 2 is 1.54 bits per heavy atom. The zero-order valence-corrected chi connectivity index (χ0v) is 8.62. The maximum absolute atomic E-state index is 9.31. The van der Waals surface area contributed by atoms with E-state index in [2.05, 4.69) is 26.0 Å². The van der Waals surface area contributed by atoms with Crippen LogP contribution in [0.5, 0.6) is 0 Å². The lowest BCUT2D eigenvalue weighted by Gasteiger charge is -2.10.